The first-order valence-corrected chi connectivity index (χ1v) is 11.8. The first-order valence-electron chi connectivity index (χ1n) is 11.5. The van der Waals surface area contributed by atoms with Crippen molar-refractivity contribution < 1.29 is 13.2 Å². The van der Waals surface area contributed by atoms with Gasteiger partial charge in [-0.15, -0.1) is 12.4 Å². The maximum Gasteiger partial charge on any atom is 0.451 e. The maximum absolute atomic E-state index is 13.4. The predicted molar refractivity (Wildman–Crippen MR) is 125 cm³/mol. The molecule has 0 radical (unpaired) electrons. The summed E-state index contributed by atoms with van der Waals surface area (Å²) in [4.78, 5) is 10.3. The fraction of sp³-hybridized carbons (Fsp3) is 0.583. The lowest BCUT2D eigenvalue weighted by Crippen LogP contribution is -2.47. The lowest BCUT2D eigenvalue weighted by molar-refractivity contribution is -0.145. The van der Waals surface area contributed by atoms with Gasteiger partial charge in [-0.1, -0.05) is 23.7 Å². The van der Waals surface area contributed by atoms with Gasteiger partial charge in [-0.25, -0.2) is 9.97 Å². The van der Waals surface area contributed by atoms with Gasteiger partial charge >= 0.3 is 6.18 Å². The number of fused-ring (bicyclic) bond motifs is 1. The molecule has 2 fully saturated rings. The second-order valence-corrected chi connectivity index (χ2v) is 10.0. The van der Waals surface area contributed by atoms with E-state index in [1.54, 1.807) is 0 Å². The molecule has 5 rings (SSSR count). The molecular weight excluding hydrogens is 472 g/mol. The Morgan fingerprint density at radius 2 is 1.85 bits per heavy atom. The van der Waals surface area contributed by atoms with Crippen LogP contribution in [0.2, 0.25) is 5.02 Å². The van der Waals surface area contributed by atoms with E-state index in [4.69, 9.17) is 17.3 Å². The Kier molecular flexibility index (Phi) is 6.98. The number of hydrogen-bond donors (Lipinski definition) is 1. The molecule has 1 aromatic heterocycles. The van der Waals surface area contributed by atoms with Crippen LogP contribution in [-0.4, -0.2) is 34.0 Å². The monoisotopic (exact) mass is 500 g/mol. The zero-order valence-corrected chi connectivity index (χ0v) is 19.9. The number of halogens is 5. The molecule has 0 spiro atoms. The largest absolute Gasteiger partial charge is 0.451 e. The summed E-state index contributed by atoms with van der Waals surface area (Å²) in [5.74, 6) is -0.802. The minimum absolute atomic E-state index is 0. The molecule has 0 saturated heterocycles. The van der Waals surface area contributed by atoms with Gasteiger partial charge in [0, 0.05) is 42.0 Å². The Labute approximate surface area is 203 Å². The second kappa shape index (κ2) is 9.33. The summed E-state index contributed by atoms with van der Waals surface area (Å²) >= 11 is 6.22. The van der Waals surface area contributed by atoms with E-state index in [-0.39, 0.29) is 23.7 Å². The molecule has 9 heteroatoms. The van der Waals surface area contributed by atoms with Gasteiger partial charge in [-0.2, -0.15) is 13.2 Å². The number of aromatic nitrogens is 2. The second-order valence-electron chi connectivity index (χ2n) is 9.58. The first-order chi connectivity index (χ1) is 15.3. The third-order valence-electron chi connectivity index (χ3n) is 7.60. The molecule has 33 heavy (non-hydrogen) atoms. The van der Waals surface area contributed by atoms with Gasteiger partial charge in [0.1, 0.15) is 0 Å². The van der Waals surface area contributed by atoms with Crippen LogP contribution in [0, 0.1) is 0 Å². The maximum atomic E-state index is 13.4. The number of nitrogens with zero attached hydrogens (tertiary/aromatic N) is 3. The van der Waals surface area contributed by atoms with Crippen molar-refractivity contribution in [1.29, 1.82) is 0 Å². The van der Waals surface area contributed by atoms with Gasteiger partial charge in [0.25, 0.3) is 0 Å². The number of hydrogen-bond acceptors (Lipinski definition) is 4. The molecule has 0 unspecified atom stereocenters. The molecule has 2 saturated carbocycles. The van der Waals surface area contributed by atoms with Crippen LogP contribution in [0.3, 0.4) is 0 Å². The summed E-state index contributed by atoms with van der Waals surface area (Å²) < 4.78 is 40.3. The Bertz CT molecular complexity index is 1000. The molecule has 2 aromatic rings. The van der Waals surface area contributed by atoms with Crippen molar-refractivity contribution in [3.63, 3.8) is 0 Å². The zero-order valence-electron chi connectivity index (χ0n) is 18.4. The van der Waals surface area contributed by atoms with Crippen LogP contribution in [0.1, 0.15) is 72.8 Å². The molecule has 1 aromatic carbocycles. The highest BCUT2D eigenvalue weighted by Gasteiger charge is 2.42. The fourth-order valence-corrected chi connectivity index (χ4v) is 5.75. The molecule has 0 amide bonds. The van der Waals surface area contributed by atoms with Crippen molar-refractivity contribution >= 4 is 24.0 Å². The van der Waals surface area contributed by atoms with Gasteiger partial charge in [0.15, 0.2) is 0 Å². The Hall–Kier alpha value is -1.41. The Balaban J connectivity index is 0.00000259. The van der Waals surface area contributed by atoms with E-state index >= 15 is 0 Å². The summed E-state index contributed by atoms with van der Waals surface area (Å²) in [5.41, 5.74) is 9.52. The molecule has 1 aliphatic heterocycles. The van der Waals surface area contributed by atoms with Crippen molar-refractivity contribution in [2.75, 3.05) is 13.1 Å². The van der Waals surface area contributed by atoms with E-state index in [9.17, 15) is 13.2 Å². The number of nitrogens with two attached hydrogens (primary N) is 1. The van der Waals surface area contributed by atoms with Gasteiger partial charge in [-0.3, -0.25) is 4.90 Å². The van der Waals surface area contributed by atoms with E-state index in [1.807, 2.05) is 18.2 Å². The lowest BCUT2D eigenvalue weighted by atomic mass is 9.68. The summed E-state index contributed by atoms with van der Waals surface area (Å²) in [6.07, 6.45) is 1.90. The van der Waals surface area contributed by atoms with Crippen LogP contribution in [-0.2, 0) is 24.6 Å². The van der Waals surface area contributed by atoms with Gasteiger partial charge in [0.2, 0.25) is 5.82 Å². The van der Waals surface area contributed by atoms with Crippen molar-refractivity contribution in [2.24, 2.45) is 5.73 Å². The van der Waals surface area contributed by atoms with Gasteiger partial charge < -0.3 is 5.73 Å². The van der Waals surface area contributed by atoms with Crippen LogP contribution in [0.5, 0.6) is 0 Å². The summed E-state index contributed by atoms with van der Waals surface area (Å²) in [5, 5.41) is 0.719. The smallest absolute Gasteiger partial charge is 0.330 e. The molecule has 0 bridgehead atoms. The van der Waals surface area contributed by atoms with Crippen molar-refractivity contribution in [3.8, 4) is 0 Å². The van der Waals surface area contributed by atoms with Crippen LogP contribution in [0.15, 0.2) is 24.3 Å². The molecule has 2 aliphatic carbocycles. The molecule has 180 valence electrons. The number of rotatable bonds is 4. The van der Waals surface area contributed by atoms with Gasteiger partial charge in [0.05, 0.1) is 11.4 Å². The normalized spacial score (nSPS) is 25.9. The molecule has 4 nitrogen and oxygen atoms in total. The summed E-state index contributed by atoms with van der Waals surface area (Å²) in [6.45, 7) is 1.88. The molecule has 3 aliphatic rings. The molecular formula is C24H29Cl2F3N4. The molecule has 0 atom stereocenters. The van der Waals surface area contributed by atoms with E-state index < -0.39 is 12.0 Å². The minimum Gasteiger partial charge on any atom is -0.330 e. The minimum atomic E-state index is -4.51. The van der Waals surface area contributed by atoms with Crippen molar-refractivity contribution in [3.05, 3.63) is 57.6 Å². The molecule has 2 N–H and O–H groups in total. The average molecular weight is 501 g/mol. The number of benzene rings is 1. The fourth-order valence-electron chi connectivity index (χ4n) is 5.56. The van der Waals surface area contributed by atoms with Crippen molar-refractivity contribution in [2.45, 2.75) is 75.0 Å². The molecule has 2 heterocycles. The third kappa shape index (κ3) is 4.88. The Morgan fingerprint density at radius 3 is 2.45 bits per heavy atom. The predicted octanol–water partition coefficient (Wildman–Crippen LogP) is 5.65. The summed E-state index contributed by atoms with van der Waals surface area (Å²) in [6, 6.07) is 8.29. The van der Waals surface area contributed by atoms with Crippen molar-refractivity contribution in [1.82, 2.24) is 14.9 Å². The average Bonchev–Trinajstić information content (AvgIpc) is 3.63. The summed E-state index contributed by atoms with van der Waals surface area (Å²) in [7, 11) is 0. The highest BCUT2D eigenvalue weighted by Crippen LogP contribution is 2.45. The first kappa shape index (κ1) is 24.7. The van der Waals surface area contributed by atoms with Gasteiger partial charge in [-0.05, 0) is 68.2 Å². The van der Waals surface area contributed by atoms with E-state index in [0.29, 0.717) is 30.5 Å². The highest BCUT2D eigenvalue weighted by atomic mass is 35.5. The number of alkyl halides is 3. The van der Waals surface area contributed by atoms with Crippen LogP contribution >= 0.6 is 24.0 Å². The SMILES string of the molecule is Cl.NC[C@]1(c2cccc(Cl)c2)CC[C@H](N2CCc3c(nc(C(F)(F)F)nc3C3CC3)C2)CC1. The zero-order chi connectivity index (χ0) is 22.5. The lowest BCUT2D eigenvalue weighted by Gasteiger charge is -2.44. The third-order valence-corrected chi connectivity index (χ3v) is 7.84. The Morgan fingerprint density at radius 1 is 1.12 bits per heavy atom. The van der Waals surface area contributed by atoms with E-state index in [1.165, 1.54) is 5.56 Å². The van der Waals surface area contributed by atoms with E-state index in [0.717, 1.165) is 62.1 Å². The standard InChI is InChI=1S/C24H28ClF3N4.ClH/c25-17-3-1-2-16(12-17)23(14-29)9-6-18(7-10-23)32-11-8-19-20(13-32)30-22(24(26,27)28)31-21(19)15-4-5-15;/h1-3,12,15,18H,4-11,13-14,29H2;1H/t18-,23-;. The topological polar surface area (TPSA) is 55.0 Å². The quantitative estimate of drug-likeness (QED) is 0.589. The van der Waals surface area contributed by atoms with E-state index in [2.05, 4.69) is 20.9 Å². The van der Waals surface area contributed by atoms with Crippen LogP contribution < -0.4 is 5.73 Å². The van der Waals surface area contributed by atoms with Crippen LogP contribution in [0.25, 0.3) is 0 Å². The van der Waals surface area contributed by atoms with Crippen LogP contribution in [0.4, 0.5) is 13.2 Å². The highest BCUT2D eigenvalue weighted by molar-refractivity contribution is 6.30.